The molecule has 1 aliphatic heterocycles. The smallest absolute Gasteiger partial charge is 0.178 e. The van der Waals surface area contributed by atoms with Crippen molar-refractivity contribution in [2.75, 3.05) is 16.9 Å². The van der Waals surface area contributed by atoms with Crippen LogP contribution in [0.4, 0.5) is 20.4 Å². The van der Waals surface area contributed by atoms with Crippen LogP contribution in [0.15, 0.2) is 6.07 Å². The molecule has 106 valence electrons. The van der Waals surface area contributed by atoms with Gasteiger partial charge in [-0.15, -0.1) is 0 Å². The number of nitrogens with two attached hydrogens (primary N) is 1. The number of anilines is 2. The van der Waals surface area contributed by atoms with Gasteiger partial charge in [0.05, 0.1) is 0 Å². The Hall–Kier alpha value is -1.43. The van der Waals surface area contributed by atoms with Crippen molar-refractivity contribution in [3.8, 4) is 0 Å². The first-order valence-electron chi connectivity index (χ1n) is 6.76. The number of hydrogen-bond acceptors (Lipinski definition) is 4. The standard InChI is InChI=1S/C13H20F2N4/c1-2-5-9-6-3-4-7-19(9)13-11(15)8-10(14)12(17-13)18-16/h8-9H,2-7,16H2,1H3,(H,17,18). The maximum atomic E-state index is 14.0. The maximum Gasteiger partial charge on any atom is 0.178 e. The molecule has 1 aromatic rings. The van der Waals surface area contributed by atoms with Crippen LogP contribution >= 0.6 is 0 Å². The summed E-state index contributed by atoms with van der Waals surface area (Å²) in [5, 5.41) is 0. The second-order valence-corrected chi connectivity index (χ2v) is 4.90. The number of rotatable bonds is 4. The van der Waals surface area contributed by atoms with E-state index in [9.17, 15) is 8.78 Å². The second-order valence-electron chi connectivity index (χ2n) is 4.90. The molecule has 1 atom stereocenters. The van der Waals surface area contributed by atoms with Gasteiger partial charge < -0.3 is 10.3 Å². The molecule has 0 aromatic carbocycles. The summed E-state index contributed by atoms with van der Waals surface area (Å²) in [4.78, 5) is 5.93. The van der Waals surface area contributed by atoms with E-state index in [1.54, 1.807) is 0 Å². The molecule has 1 fully saturated rings. The molecule has 0 radical (unpaired) electrons. The summed E-state index contributed by atoms with van der Waals surface area (Å²) >= 11 is 0. The lowest BCUT2D eigenvalue weighted by Gasteiger charge is -2.37. The van der Waals surface area contributed by atoms with Crippen LogP contribution < -0.4 is 16.2 Å². The number of hydrogen-bond donors (Lipinski definition) is 2. The number of hydrazine groups is 1. The minimum atomic E-state index is -0.771. The topological polar surface area (TPSA) is 54.2 Å². The number of nitrogens with zero attached hydrogens (tertiary/aromatic N) is 2. The lowest BCUT2D eigenvalue weighted by atomic mass is 9.98. The lowest BCUT2D eigenvalue weighted by molar-refractivity contribution is 0.424. The van der Waals surface area contributed by atoms with Gasteiger partial charge in [0.2, 0.25) is 0 Å². The predicted molar refractivity (Wildman–Crippen MR) is 71.9 cm³/mol. The monoisotopic (exact) mass is 270 g/mol. The van der Waals surface area contributed by atoms with Crippen molar-refractivity contribution < 1.29 is 8.78 Å². The van der Waals surface area contributed by atoms with E-state index < -0.39 is 11.6 Å². The van der Waals surface area contributed by atoms with E-state index in [-0.39, 0.29) is 17.7 Å². The Kier molecular flexibility index (Phi) is 4.52. The Morgan fingerprint density at radius 3 is 2.89 bits per heavy atom. The first kappa shape index (κ1) is 14.0. The van der Waals surface area contributed by atoms with E-state index in [0.29, 0.717) is 0 Å². The molecule has 0 aliphatic carbocycles. The quantitative estimate of drug-likeness (QED) is 0.652. The molecular formula is C13H20F2N4. The third-order valence-electron chi connectivity index (χ3n) is 3.57. The highest BCUT2D eigenvalue weighted by Crippen LogP contribution is 2.29. The maximum absolute atomic E-state index is 14.0. The summed E-state index contributed by atoms with van der Waals surface area (Å²) in [7, 11) is 0. The average molecular weight is 270 g/mol. The fourth-order valence-corrected chi connectivity index (χ4v) is 2.67. The van der Waals surface area contributed by atoms with Gasteiger partial charge in [0.25, 0.3) is 0 Å². The summed E-state index contributed by atoms with van der Waals surface area (Å²) in [6.07, 6.45) is 5.20. The van der Waals surface area contributed by atoms with Crippen molar-refractivity contribution in [2.45, 2.75) is 45.1 Å². The van der Waals surface area contributed by atoms with Gasteiger partial charge in [-0.1, -0.05) is 13.3 Å². The van der Waals surface area contributed by atoms with E-state index in [0.717, 1.165) is 44.7 Å². The van der Waals surface area contributed by atoms with Crippen LogP contribution in [0.2, 0.25) is 0 Å². The molecule has 0 bridgehead atoms. The molecule has 0 amide bonds. The van der Waals surface area contributed by atoms with Crippen molar-refractivity contribution in [2.24, 2.45) is 5.84 Å². The lowest BCUT2D eigenvalue weighted by Crippen LogP contribution is -2.40. The Labute approximate surface area is 112 Å². The van der Waals surface area contributed by atoms with E-state index >= 15 is 0 Å². The van der Waals surface area contributed by atoms with Crippen molar-refractivity contribution in [1.82, 2.24) is 4.98 Å². The third kappa shape index (κ3) is 2.94. The molecule has 4 nitrogen and oxygen atoms in total. The fraction of sp³-hybridized carbons (Fsp3) is 0.615. The van der Waals surface area contributed by atoms with E-state index in [1.165, 1.54) is 0 Å². The Morgan fingerprint density at radius 1 is 1.42 bits per heavy atom. The van der Waals surface area contributed by atoms with Gasteiger partial charge in [-0.05, 0) is 25.7 Å². The summed E-state index contributed by atoms with van der Waals surface area (Å²) in [5.74, 6) is 3.89. The molecule has 0 saturated carbocycles. The SMILES string of the molecule is CCCC1CCCCN1c1nc(NN)c(F)cc1F. The molecule has 3 N–H and O–H groups in total. The summed E-state index contributed by atoms with van der Waals surface area (Å²) in [6.45, 7) is 2.86. The van der Waals surface area contributed by atoms with Crippen LogP contribution in [-0.4, -0.2) is 17.6 Å². The van der Waals surface area contributed by atoms with E-state index in [1.807, 2.05) is 4.90 Å². The van der Waals surface area contributed by atoms with Crippen LogP contribution in [0, 0.1) is 11.6 Å². The van der Waals surface area contributed by atoms with Gasteiger partial charge in [-0.25, -0.2) is 19.6 Å². The average Bonchev–Trinajstić information content (AvgIpc) is 2.40. The molecule has 0 spiro atoms. The summed E-state index contributed by atoms with van der Waals surface area (Å²) in [5.41, 5.74) is 2.17. The number of piperidine rings is 1. The molecular weight excluding hydrogens is 250 g/mol. The largest absolute Gasteiger partial charge is 0.351 e. The van der Waals surface area contributed by atoms with Gasteiger partial charge in [0, 0.05) is 18.7 Å². The first-order chi connectivity index (χ1) is 9.17. The number of nitrogens with one attached hydrogen (secondary N) is 1. The molecule has 1 aromatic heterocycles. The van der Waals surface area contributed by atoms with Crippen LogP contribution in [0.5, 0.6) is 0 Å². The third-order valence-corrected chi connectivity index (χ3v) is 3.57. The summed E-state index contributed by atoms with van der Waals surface area (Å²) < 4.78 is 27.3. The fourth-order valence-electron chi connectivity index (χ4n) is 2.67. The molecule has 1 aliphatic rings. The van der Waals surface area contributed by atoms with Gasteiger partial charge in [0.15, 0.2) is 23.3 Å². The Balaban J connectivity index is 2.32. The number of aromatic nitrogens is 1. The predicted octanol–water partition coefficient (Wildman–Crippen LogP) is 2.80. The molecule has 2 heterocycles. The normalized spacial score (nSPS) is 19.6. The van der Waals surface area contributed by atoms with Crippen LogP contribution in [0.25, 0.3) is 0 Å². The number of nitrogen functional groups attached to an aromatic ring is 1. The molecule has 19 heavy (non-hydrogen) atoms. The highest BCUT2D eigenvalue weighted by molar-refractivity contribution is 5.49. The van der Waals surface area contributed by atoms with Crippen LogP contribution in [0.1, 0.15) is 39.0 Å². The molecule has 1 saturated heterocycles. The Morgan fingerprint density at radius 2 is 2.21 bits per heavy atom. The van der Waals surface area contributed by atoms with Crippen LogP contribution in [0.3, 0.4) is 0 Å². The number of pyridine rings is 1. The second kappa shape index (κ2) is 6.14. The summed E-state index contributed by atoms with van der Waals surface area (Å²) in [6, 6.07) is 1.12. The van der Waals surface area contributed by atoms with Gasteiger partial charge in [-0.3, -0.25) is 0 Å². The molecule has 2 rings (SSSR count). The number of halogens is 2. The van der Waals surface area contributed by atoms with E-state index in [2.05, 4.69) is 17.3 Å². The van der Waals surface area contributed by atoms with Crippen molar-refractivity contribution >= 4 is 11.6 Å². The van der Waals surface area contributed by atoms with Crippen LogP contribution in [-0.2, 0) is 0 Å². The Bertz CT molecular complexity index is 437. The first-order valence-corrected chi connectivity index (χ1v) is 6.76. The van der Waals surface area contributed by atoms with Gasteiger partial charge >= 0.3 is 0 Å². The van der Waals surface area contributed by atoms with Gasteiger partial charge in [-0.2, -0.15) is 0 Å². The van der Waals surface area contributed by atoms with Crippen molar-refractivity contribution in [3.63, 3.8) is 0 Å². The molecule has 6 heteroatoms. The minimum absolute atomic E-state index is 0.114. The van der Waals surface area contributed by atoms with E-state index in [4.69, 9.17) is 5.84 Å². The zero-order valence-electron chi connectivity index (χ0n) is 11.1. The van der Waals surface area contributed by atoms with Crippen molar-refractivity contribution in [3.05, 3.63) is 17.7 Å². The minimum Gasteiger partial charge on any atom is -0.351 e. The van der Waals surface area contributed by atoms with Crippen molar-refractivity contribution in [1.29, 1.82) is 0 Å². The zero-order valence-corrected chi connectivity index (χ0v) is 11.1. The highest BCUT2D eigenvalue weighted by atomic mass is 19.1. The molecule has 1 unspecified atom stereocenters. The zero-order chi connectivity index (χ0) is 13.8. The highest BCUT2D eigenvalue weighted by Gasteiger charge is 2.26. The van der Waals surface area contributed by atoms with Gasteiger partial charge in [0.1, 0.15) is 0 Å².